The maximum atomic E-state index is 11.7. The van der Waals surface area contributed by atoms with E-state index in [-0.39, 0.29) is 5.91 Å². The number of rotatable bonds is 4. The second kappa shape index (κ2) is 5.43. The fourth-order valence-corrected chi connectivity index (χ4v) is 2.82. The number of carbonyl (C=O) groups excluding carboxylic acids is 1. The lowest BCUT2D eigenvalue weighted by molar-refractivity contribution is -0.134. The molecule has 1 fully saturated rings. The number of benzene rings is 1. The van der Waals surface area contributed by atoms with E-state index in [2.05, 4.69) is 4.98 Å². The van der Waals surface area contributed by atoms with Crippen LogP contribution in [0.4, 0.5) is 0 Å². The molecule has 1 saturated heterocycles. The summed E-state index contributed by atoms with van der Waals surface area (Å²) in [5.74, 6) is 0.911. The predicted octanol–water partition coefficient (Wildman–Crippen LogP) is 3.20. The van der Waals surface area contributed by atoms with Crippen LogP contribution < -0.4 is 0 Å². The van der Waals surface area contributed by atoms with Crippen LogP contribution in [0.25, 0.3) is 11.1 Å². The van der Waals surface area contributed by atoms with Gasteiger partial charge in [0, 0.05) is 30.3 Å². The minimum atomic E-state index is 0.220. The van der Waals surface area contributed by atoms with E-state index in [1.54, 1.807) is 18.2 Å². The van der Waals surface area contributed by atoms with Crippen LogP contribution in [-0.2, 0) is 4.79 Å². The number of nitrogens with zero attached hydrogens (tertiary/aromatic N) is 2. The largest absolute Gasteiger partial charge is 0.431 e. The van der Waals surface area contributed by atoms with E-state index in [0.29, 0.717) is 22.4 Å². The molecule has 1 aromatic heterocycles. The van der Waals surface area contributed by atoms with Crippen molar-refractivity contribution in [1.82, 2.24) is 9.88 Å². The quantitative estimate of drug-likeness (QED) is 0.813. The van der Waals surface area contributed by atoms with E-state index in [1.165, 1.54) is 11.8 Å². The van der Waals surface area contributed by atoms with Crippen LogP contribution in [0.2, 0.25) is 5.02 Å². The second-order valence-corrected chi connectivity index (χ2v) is 5.91. The topological polar surface area (TPSA) is 46.3 Å². The van der Waals surface area contributed by atoms with Gasteiger partial charge in [-0.05, 0) is 24.6 Å². The first kappa shape index (κ1) is 12.8. The molecule has 2 heterocycles. The molecule has 2 aromatic rings. The molecule has 1 aromatic carbocycles. The number of halogens is 1. The second-order valence-electron chi connectivity index (χ2n) is 4.42. The molecule has 0 atom stereocenters. The van der Waals surface area contributed by atoms with Gasteiger partial charge in [0.15, 0.2) is 5.58 Å². The van der Waals surface area contributed by atoms with Crippen LogP contribution in [-0.4, -0.2) is 34.6 Å². The number of aromatic nitrogens is 1. The number of amides is 1. The third-order valence-electron chi connectivity index (χ3n) is 3.08. The minimum absolute atomic E-state index is 0.220. The lowest BCUT2D eigenvalue weighted by atomic mass is 10.2. The van der Waals surface area contributed by atoms with Gasteiger partial charge >= 0.3 is 0 Å². The molecule has 6 heteroatoms. The lowest BCUT2D eigenvalue weighted by Crippen LogP contribution is -2.42. The smallest absolute Gasteiger partial charge is 0.256 e. The van der Waals surface area contributed by atoms with E-state index in [9.17, 15) is 4.79 Å². The van der Waals surface area contributed by atoms with Crippen molar-refractivity contribution < 1.29 is 9.21 Å². The zero-order chi connectivity index (χ0) is 13.2. The molecule has 0 saturated carbocycles. The van der Waals surface area contributed by atoms with Crippen LogP contribution in [0, 0.1) is 0 Å². The molecule has 0 aliphatic carbocycles. The number of likely N-dealkylation sites (tertiary alicyclic amines) is 1. The average molecular weight is 297 g/mol. The van der Waals surface area contributed by atoms with E-state index < -0.39 is 0 Å². The van der Waals surface area contributed by atoms with Gasteiger partial charge in [-0.3, -0.25) is 4.79 Å². The minimum Gasteiger partial charge on any atom is -0.431 e. The van der Waals surface area contributed by atoms with E-state index in [1.807, 2.05) is 4.90 Å². The molecule has 0 unspecified atom stereocenters. The summed E-state index contributed by atoms with van der Waals surface area (Å²) in [5, 5.41) is 1.24. The van der Waals surface area contributed by atoms with Gasteiger partial charge in [-0.25, -0.2) is 4.98 Å². The first-order chi connectivity index (χ1) is 9.22. The number of carbonyl (C=O) groups is 1. The Balaban J connectivity index is 1.57. The Morgan fingerprint density at radius 2 is 2.32 bits per heavy atom. The van der Waals surface area contributed by atoms with Crippen molar-refractivity contribution in [2.45, 2.75) is 18.1 Å². The zero-order valence-electron chi connectivity index (χ0n) is 10.3. The van der Waals surface area contributed by atoms with Crippen LogP contribution in [0.3, 0.4) is 0 Å². The van der Waals surface area contributed by atoms with Gasteiger partial charge in [0.25, 0.3) is 5.22 Å². The summed E-state index contributed by atoms with van der Waals surface area (Å²) >= 11 is 7.36. The Labute approximate surface area is 120 Å². The Bertz CT molecular complexity index is 610. The molecule has 1 aliphatic rings. The van der Waals surface area contributed by atoms with Crippen molar-refractivity contribution in [3.63, 3.8) is 0 Å². The summed E-state index contributed by atoms with van der Waals surface area (Å²) < 4.78 is 5.57. The molecule has 1 amide bonds. The highest BCUT2D eigenvalue weighted by Crippen LogP contribution is 2.26. The number of hydrogen-bond donors (Lipinski definition) is 0. The molecular weight excluding hydrogens is 284 g/mol. The molecular formula is C13H13ClN2O2S. The fourth-order valence-electron chi connectivity index (χ4n) is 1.89. The van der Waals surface area contributed by atoms with Gasteiger partial charge in [-0.2, -0.15) is 0 Å². The Kier molecular flexibility index (Phi) is 3.66. The standard InChI is InChI=1S/C13H13ClN2O2S/c14-9-2-3-11-10(8-9)15-13(18-11)19-7-4-12(17)16-5-1-6-16/h2-3,8H,1,4-7H2. The third-order valence-corrected chi connectivity index (χ3v) is 4.15. The number of thioether (sulfide) groups is 1. The monoisotopic (exact) mass is 296 g/mol. The summed E-state index contributed by atoms with van der Waals surface area (Å²) in [6.45, 7) is 1.82. The van der Waals surface area contributed by atoms with Crippen molar-refractivity contribution in [3.05, 3.63) is 23.2 Å². The van der Waals surface area contributed by atoms with Crippen molar-refractivity contribution >= 4 is 40.4 Å². The fraction of sp³-hybridized carbons (Fsp3) is 0.385. The molecule has 3 rings (SSSR count). The molecule has 0 N–H and O–H groups in total. The van der Waals surface area contributed by atoms with Crippen LogP contribution in [0.15, 0.2) is 27.8 Å². The SMILES string of the molecule is O=C(CCSc1nc2cc(Cl)ccc2o1)N1CCC1. The van der Waals surface area contributed by atoms with Crippen LogP contribution in [0.1, 0.15) is 12.8 Å². The first-order valence-corrected chi connectivity index (χ1v) is 7.55. The molecule has 0 bridgehead atoms. The number of hydrogen-bond acceptors (Lipinski definition) is 4. The van der Waals surface area contributed by atoms with Gasteiger partial charge in [0.2, 0.25) is 5.91 Å². The van der Waals surface area contributed by atoms with Crippen molar-refractivity contribution in [1.29, 1.82) is 0 Å². The van der Waals surface area contributed by atoms with Gasteiger partial charge < -0.3 is 9.32 Å². The summed E-state index contributed by atoms with van der Waals surface area (Å²) in [6, 6.07) is 5.35. The first-order valence-electron chi connectivity index (χ1n) is 6.19. The Morgan fingerprint density at radius 3 is 3.05 bits per heavy atom. The van der Waals surface area contributed by atoms with Crippen molar-refractivity contribution in [2.24, 2.45) is 0 Å². The summed E-state index contributed by atoms with van der Waals surface area (Å²) in [6.07, 6.45) is 1.66. The molecule has 0 spiro atoms. The number of oxazole rings is 1. The number of fused-ring (bicyclic) bond motifs is 1. The molecule has 4 nitrogen and oxygen atoms in total. The molecule has 19 heavy (non-hydrogen) atoms. The van der Waals surface area contributed by atoms with E-state index in [4.69, 9.17) is 16.0 Å². The van der Waals surface area contributed by atoms with Crippen molar-refractivity contribution in [3.8, 4) is 0 Å². The normalized spacial score (nSPS) is 14.7. The summed E-state index contributed by atoms with van der Waals surface area (Å²) in [7, 11) is 0. The summed E-state index contributed by atoms with van der Waals surface area (Å²) in [4.78, 5) is 17.9. The molecule has 100 valence electrons. The van der Waals surface area contributed by atoms with Crippen LogP contribution in [0.5, 0.6) is 0 Å². The zero-order valence-corrected chi connectivity index (χ0v) is 11.8. The predicted molar refractivity (Wildman–Crippen MR) is 75.6 cm³/mol. The highest BCUT2D eigenvalue weighted by molar-refractivity contribution is 7.99. The van der Waals surface area contributed by atoms with Gasteiger partial charge in [0.05, 0.1) is 0 Å². The van der Waals surface area contributed by atoms with Crippen molar-refractivity contribution in [2.75, 3.05) is 18.8 Å². The third kappa shape index (κ3) is 2.87. The highest BCUT2D eigenvalue weighted by Gasteiger charge is 2.19. The Morgan fingerprint density at radius 1 is 1.47 bits per heavy atom. The van der Waals surface area contributed by atoms with Gasteiger partial charge in [0.1, 0.15) is 5.52 Å². The summed E-state index contributed by atoms with van der Waals surface area (Å²) in [5.41, 5.74) is 1.48. The average Bonchev–Trinajstić information content (AvgIpc) is 2.68. The van der Waals surface area contributed by atoms with Gasteiger partial charge in [-0.15, -0.1) is 0 Å². The Hall–Kier alpha value is -1.20. The maximum absolute atomic E-state index is 11.7. The van der Waals surface area contributed by atoms with E-state index in [0.717, 1.165) is 30.6 Å². The van der Waals surface area contributed by atoms with Gasteiger partial charge in [-0.1, -0.05) is 23.4 Å². The molecule has 1 aliphatic heterocycles. The lowest BCUT2D eigenvalue weighted by Gasteiger charge is -2.30. The van der Waals surface area contributed by atoms with Crippen LogP contribution >= 0.6 is 23.4 Å². The highest BCUT2D eigenvalue weighted by atomic mass is 35.5. The molecule has 0 radical (unpaired) electrons. The van der Waals surface area contributed by atoms with E-state index >= 15 is 0 Å². The maximum Gasteiger partial charge on any atom is 0.256 e.